The van der Waals surface area contributed by atoms with Gasteiger partial charge in [0.15, 0.2) is 11.5 Å². The Morgan fingerprint density at radius 2 is 1.92 bits per heavy atom. The maximum Gasteiger partial charge on any atom is 0.162 e. The molecule has 2 aliphatic heterocycles. The number of ether oxygens (including phenoxy) is 2. The molecule has 132 valence electrons. The van der Waals surface area contributed by atoms with Crippen LogP contribution >= 0.6 is 11.8 Å². The molecule has 0 aromatic heterocycles. The lowest BCUT2D eigenvalue weighted by atomic mass is 9.98. The van der Waals surface area contributed by atoms with Crippen LogP contribution in [0, 0.1) is 5.82 Å². The fraction of sp³-hybridized carbons (Fsp3) is 0.400. The molecule has 1 atom stereocenters. The molecule has 0 spiro atoms. The Bertz CT molecular complexity index is 739. The molecule has 1 unspecified atom stereocenters. The lowest BCUT2D eigenvalue weighted by Gasteiger charge is -2.19. The highest BCUT2D eigenvalue weighted by molar-refractivity contribution is 7.99. The molecular weight excluding hydrogens is 337 g/mol. The average Bonchev–Trinajstić information content (AvgIpc) is 3.11. The lowest BCUT2D eigenvalue weighted by Crippen LogP contribution is -2.23. The van der Waals surface area contributed by atoms with E-state index in [0.717, 1.165) is 48.9 Å². The van der Waals surface area contributed by atoms with Crippen molar-refractivity contribution in [3.8, 4) is 11.5 Å². The van der Waals surface area contributed by atoms with Crippen molar-refractivity contribution < 1.29 is 13.9 Å². The summed E-state index contributed by atoms with van der Waals surface area (Å²) in [6, 6.07) is 13.3. The fourth-order valence-electron chi connectivity index (χ4n) is 3.50. The summed E-state index contributed by atoms with van der Waals surface area (Å²) in [4.78, 5) is 3.64. The van der Waals surface area contributed by atoms with Gasteiger partial charge in [0.1, 0.15) is 19.0 Å². The first-order valence-electron chi connectivity index (χ1n) is 8.79. The van der Waals surface area contributed by atoms with Crippen LogP contribution in [-0.4, -0.2) is 43.5 Å². The molecule has 2 aromatic carbocycles. The van der Waals surface area contributed by atoms with Crippen LogP contribution in [0.2, 0.25) is 0 Å². The number of hydrogen-bond acceptors (Lipinski definition) is 4. The largest absolute Gasteiger partial charge is 0.486 e. The Kier molecular flexibility index (Phi) is 5.13. The molecule has 2 aromatic rings. The van der Waals surface area contributed by atoms with Crippen molar-refractivity contribution in [2.45, 2.75) is 17.2 Å². The van der Waals surface area contributed by atoms with Crippen LogP contribution in [0.15, 0.2) is 47.4 Å². The summed E-state index contributed by atoms with van der Waals surface area (Å²) in [5.74, 6) is 2.95. The summed E-state index contributed by atoms with van der Waals surface area (Å²) in [5, 5.41) is 0. The van der Waals surface area contributed by atoms with Gasteiger partial charge in [0.2, 0.25) is 0 Å². The molecule has 1 saturated heterocycles. The molecule has 0 bridgehead atoms. The fourth-order valence-corrected chi connectivity index (χ4v) is 4.44. The third-order valence-corrected chi connectivity index (χ3v) is 5.78. The van der Waals surface area contributed by atoms with E-state index in [9.17, 15) is 4.39 Å². The van der Waals surface area contributed by atoms with Crippen LogP contribution in [0.5, 0.6) is 11.5 Å². The first kappa shape index (κ1) is 16.7. The van der Waals surface area contributed by atoms with Crippen LogP contribution in [0.3, 0.4) is 0 Å². The molecule has 0 N–H and O–H groups in total. The van der Waals surface area contributed by atoms with Gasteiger partial charge in [0, 0.05) is 29.7 Å². The molecular formula is C20H22FNO2S. The molecule has 3 nitrogen and oxygen atoms in total. The Morgan fingerprint density at radius 1 is 1.08 bits per heavy atom. The molecule has 0 aliphatic carbocycles. The van der Waals surface area contributed by atoms with E-state index in [1.54, 1.807) is 12.1 Å². The first-order valence-corrected chi connectivity index (χ1v) is 9.77. The van der Waals surface area contributed by atoms with E-state index in [4.69, 9.17) is 9.47 Å². The number of rotatable bonds is 5. The summed E-state index contributed by atoms with van der Waals surface area (Å²) in [7, 11) is 0. The minimum absolute atomic E-state index is 0.0694. The van der Waals surface area contributed by atoms with Crippen molar-refractivity contribution in [1.29, 1.82) is 0 Å². The molecule has 2 heterocycles. The van der Waals surface area contributed by atoms with Crippen molar-refractivity contribution in [2.24, 2.45) is 0 Å². The van der Waals surface area contributed by atoms with Gasteiger partial charge < -0.3 is 14.4 Å². The number of nitrogens with zero attached hydrogens (tertiary/aromatic N) is 1. The van der Waals surface area contributed by atoms with Crippen LogP contribution in [0.4, 0.5) is 4.39 Å². The monoisotopic (exact) mass is 359 g/mol. The van der Waals surface area contributed by atoms with Crippen LogP contribution < -0.4 is 9.47 Å². The van der Waals surface area contributed by atoms with E-state index in [-0.39, 0.29) is 5.82 Å². The Hall–Kier alpha value is -1.72. The van der Waals surface area contributed by atoms with Crippen molar-refractivity contribution in [3.05, 3.63) is 53.8 Å². The van der Waals surface area contributed by atoms with Crippen molar-refractivity contribution in [3.63, 3.8) is 0 Å². The smallest absolute Gasteiger partial charge is 0.162 e. The summed E-state index contributed by atoms with van der Waals surface area (Å²) in [6.07, 6.45) is 1.04. The molecule has 4 rings (SSSR count). The third kappa shape index (κ3) is 3.93. The van der Waals surface area contributed by atoms with Gasteiger partial charge in [-0.25, -0.2) is 4.39 Å². The van der Waals surface area contributed by atoms with Crippen LogP contribution in [0.25, 0.3) is 0 Å². The van der Waals surface area contributed by atoms with Gasteiger partial charge in [-0.3, -0.25) is 0 Å². The van der Waals surface area contributed by atoms with Gasteiger partial charge in [-0.15, -0.1) is 11.8 Å². The zero-order chi connectivity index (χ0) is 17.1. The highest BCUT2D eigenvalue weighted by Crippen LogP contribution is 2.34. The summed E-state index contributed by atoms with van der Waals surface area (Å²) >= 11 is 1.83. The van der Waals surface area contributed by atoms with Gasteiger partial charge in [-0.2, -0.15) is 0 Å². The minimum atomic E-state index is -0.0694. The van der Waals surface area contributed by atoms with Gasteiger partial charge in [0.05, 0.1) is 0 Å². The number of halogens is 1. The standard InChI is InChI=1S/C20H22FNO2S/c21-18-4-2-1-3-17(18)15-7-8-22(14-15)9-12-25-16-5-6-19-20(13-16)24-11-10-23-19/h1-6,13,15H,7-12,14H2. The Morgan fingerprint density at radius 3 is 2.80 bits per heavy atom. The minimum Gasteiger partial charge on any atom is -0.486 e. The highest BCUT2D eigenvalue weighted by atomic mass is 32.2. The Labute approximate surface area is 152 Å². The van der Waals surface area contributed by atoms with E-state index in [1.807, 2.05) is 30.0 Å². The van der Waals surface area contributed by atoms with Gasteiger partial charge in [-0.05, 0) is 42.8 Å². The van der Waals surface area contributed by atoms with E-state index >= 15 is 0 Å². The number of fused-ring (bicyclic) bond motifs is 1. The maximum atomic E-state index is 13.9. The zero-order valence-corrected chi connectivity index (χ0v) is 14.9. The molecule has 0 amide bonds. The third-order valence-electron chi connectivity index (χ3n) is 4.81. The van der Waals surface area contributed by atoms with Crippen molar-refractivity contribution in [2.75, 3.05) is 38.6 Å². The summed E-state index contributed by atoms with van der Waals surface area (Å²) in [5.41, 5.74) is 0.865. The SMILES string of the molecule is Fc1ccccc1C1CCN(CCSc2ccc3c(c2)OCCO3)C1. The zero-order valence-electron chi connectivity index (χ0n) is 14.1. The lowest BCUT2D eigenvalue weighted by molar-refractivity contribution is 0.171. The second-order valence-corrected chi connectivity index (χ2v) is 7.63. The molecule has 25 heavy (non-hydrogen) atoms. The van der Waals surface area contributed by atoms with Gasteiger partial charge in [0.25, 0.3) is 0 Å². The molecule has 0 saturated carbocycles. The van der Waals surface area contributed by atoms with Crippen molar-refractivity contribution in [1.82, 2.24) is 4.90 Å². The topological polar surface area (TPSA) is 21.7 Å². The number of likely N-dealkylation sites (tertiary alicyclic amines) is 1. The van der Waals surface area contributed by atoms with Crippen LogP contribution in [0.1, 0.15) is 17.9 Å². The predicted molar refractivity (Wildman–Crippen MR) is 98.4 cm³/mol. The quantitative estimate of drug-likeness (QED) is 0.747. The van der Waals surface area contributed by atoms with E-state index in [1.165, 1.54) is 4.90 Å². The molecule has 0 radical (unpaired) electrons. The Balaban J connectivity index is 1.28. The highest BCUT2D eigenvalue weighted by Gasteiger charge is 2.25. The van der Waals surface area contributed by atoms with E-state index < -0.39 is 0 Å². The normalized spacial score (nSPS) is 20.0. The maximum absolute atomic E-state index is 13.9. The number of thioether (sulfide) groups is 1. The van der Waals surface area contributed by atoms with Crippen LogP contribution in [-0.2, 0) is 0 Å². The average molecular weight is 359 g/mol. The number of benzene rings is 2. The predicted octanol–water partition coefficient (Wildman–Crippen LogP) is 4.18. The molecule has 1 fully saturated rings. The van der Waals surface area contributed by atoms with E-state index in [0.29, 0.717) is 19.1 Å². The molecule has 5 heteroatoms. The number of hydrogen-bond donors (Lipinski definition) is 0. The summed E-state index contributed by atoms with van der Waals surface area (Å²) in [6.45, 7) is 4.25. The molecule has 2 aliphatic rings. The second kappa shape index (κ2) is 7.67. The van der Waals surface area contributed by atoms with Gasteiger partial charge in [-0.1, -0.05) is 18.2 Å². The van der Waals surface area contributed by atoms with E-state index in [2.05, 4.69) is 17.0 Å². The first-order chi connectivity index (χ1) is 12.3. The van der Waals surface area contributed by atoms with Crippen molar-refractivity contribution >= 4 is 11.8 Å². The summed E-state index contributed by atoms with van der Waals surface area (Å²) < 4.78 is 25.1. The van der Waals surface area contributed by atoms with Gasteiger partial charge >= 0.3 is 0 Å². The second-order valence-electron chi connectivity index (χ2n) is 6.46.